The van der Waals surface area contributed by atoms with Crippen LogP contribution in [0.3, 0.4) is 0 Å². The molecule has 2 aromatic rings. The third kappa shape index (κ3) is 5.20. The van der Waals surface area contributed by atoms with E-state index >= 15 is 0 Å². The zero-order chi connectivity index (χ0) is 20.7. The van der Waals surface area contributed by atoms with Crippen LogP contribution in [0.15, 0.2) is 36.4 Å². The first-order chi connectivity index (χ1) is 13.4. The standard InChI is InChI=1S/C20H25N3O5/c1-14-5-8-19(28-4)15(11-14)13-22(2)20(24)17-12-16(23(25)26)6-7-18(17)21-9-10-27-3/h5-8,11-12,21H,9-10,13H2,1-4H3. The second kappa shape index (κ2) is 9.70. The monoisotopic (exact) mass is 387 g/mol. The first-order valence-electron chi connectivity index (χ1n) is 8.77. The van der Waals surface area contributed by atoms with Gasteiger partial charge in [-0.2, -0.15) is 0 Å². The number of ether oxygens (including phenoxy) is 2. The summed E-state index contributed by atoms with van der Waals surface area (Å²) in [5.74, 6) is 0.356. The zero-order valence-electron chi connectivity index (χ0n) is 16.5. The van der Waals surface area contributed by atoms with Gasteiger partial charge in [-0.25, -0.2) is 0 Å². The van der Waals surface area contributed by atoms with E-state index in [0.717, 1.165) is 11.1 Å². The fourth-order valence-electron chi connectivity index (χ4n) is 2.83. The molecule has 8 heteroatoms. The second-order valence-electron chi connectivity index (χ2n) is 6.38. The molecule has 0 heterocycles. The molecule has 0 aliphatic rings. The third-order valence-corrected chi connectivity index (χ3v) is 4.26. The molecule has 0 atom stereocenters. The highest BCUT2D eigenvalue weighted by Crippen LogP contribution is 2.26. The van der Waals surface area contributed by atoms with Crippen LogP contribution in [-0.4, -0.2) is 50.1 Å². The summed E-state index contributed by atoms with van der Waals surface area (Å²) in [5.41, 5.74) is 2.53. The number of non-ortho nitro benzene ring substituents is 1. The van der Waals surface area contributed by atoms with Crippen molar-refractivity contribution in [1.29, 1.82) is 0 Å². The molecule has 2 rings (SSSR count). The van der Waals surface area contributed by atoms with Crippen LogP contribution in [0.25, 0.3) is 0 Å². The highest BCUT2D eigenvalue weighted by Gasteiger charge is 2.21. The van der Waals surface area contributed by atoms with Gasteiger partial charge in [0, 0.05) is 50.6 Å². The van der Waals surface area contributed by atoms with Crippen LogP contribution < -0.4 is 10.1 Å². The van der Waals surface area contributed by atoms with Crippen molar-refractivity contribution < 1.29 is 19.2 Å². The van der Waals surface area contributed by atoms with Crippen LogP contribution in [0.2, 0.25) is 0 Å². The van der Waals surface area contributed by atoms with Crippen LogP contribution >= 0.6 is 0 Å². The number of carbonyl (C=O) groups excluding carboxylic acids is 1. The molecule has 0 saturated heterocycles. The predicted molar refractivity (Wildman–Crippen MR) is 107 cm³/mol. The Morgan fingerprint density at radius 1 is 1.21 bits per heavy atom. The van der Waals surface area contributed by atoms with Gasteiger partial charge in [0.2, 0.25) is 0 Å². The number of aryl methyl sites for hydroxylation is 1. The number of nitrogens with one attached hydrogen (secondary N) is 1. The highest BCUT2D eigenvalue weighted by atomic mass is 16.6. The number of nitro benzene ring substituents is 1. The fraction of sp³-hybridized carbons (Fsp3) is 0.350. The largest absolute Gasteiger partial charge is 0.496 e. The van der Waals surface area contributed by atoms with E-state index in [9.17, 15) is 14.9 Å². The Bertz CT molecular complexity index is 854. The van der Waals surface area contributed by atoms with Gasteiger partial charge in [-0.05, 0) is 19.1 Å². The quantitative estimate of drug-likeness (QED) is 0.403. The lowest BCUT2D eigenvalue weighted by atomic mass is 10.1. The van der Waals surface area contributed by atoms with Gasteiger partial charge < -0.3 is 19.7 Å². The molecule has 0 aliphatic carbocycles. The molecule has 0 aliphatic heterocycles. The number of methoxy groups -OCH3 is 2. The third-order valence-electron chi connectivity index (χ3n) is 4.26. The fourth-order valence-corrected chi connectivity index (χ4v) is 2.83. The number of nitro groups is 1. The Morgan fingerprint density at radius 3 is 2.61 bits per heavy atom. The van der Waals surface area contributed by atoms with Gasteiger partial charge in [0.1, 0.15) is 5.75 Å². The number of carbonyl (C=O) groups is 1. The van der Waals surface area contributed by atoms with Crippen molar-refractivity contribution in [3.8, 4) is 5.75 Å². The van der Waals surface area contributed by atoms with Crippen molar-refractivity contribution in [3.63, 3.8) is 0 Å². The average molecular weight is 387 g/mol. The molecule has 0 aromatic heterocycles. The van der Waals surface area contributed by atoms with Gasteiger partial charge >= 0.3 is 0 Å². The topological polar surface area (TPSA) is 93.9 Å². The van der Waals surface area contributed by atoms with Crippen molar-refractivity contribution >= 4 is 17.3 Å². The van der Waals surface area contributed by atoms with E-state index in [-0.39, 0.29) is 17.2 Å². The minimum atomic E-state index is -0.515. The molecule has 2 aromatic carbocycles. The first kappa shape index (κ1) is 21.2. The van der Waals surface area contributed by atoms with Crippen LogP contribution in [0.4, 0.5) is 11.4 Å². The van der Waals surface area contributed by atoms with E-state index < -0.39 is 4.92 Å². The van der Waals surface area contributed by atoms with Crippen molar-refractivity contribution in [2.45, 2.75) is 13.5 Å². The van der Waals surface area contributed by atoms with Crippen molar-refractivity contribution in [1.82, 2.24) is 4.90 Å². The van der Waals surface area contributed by atoms with E-state index in [0.29, 0.717) is 31.1 Å². The summed E-state index contributed by atoms with van der Waals surface area (Å²) in [6.07, 6.45) is 0. The summed E-state index contributed by atoms with van der Waals surface area (Å²) in [6.45, 7) is 3.19. The SMILES string of the molecule is COCCNc1ccc([N+](=O)[O-])cc1C(=O)N(C)Cc1cc(C)ccc1OC. The molecule has 0 fully saturated rings. The summed E-state index contributed by atoms with van der Waals surface area (Å²) in [4.78, 5) is 25.2. The molecule has 0 radical (unpaired) electrons. The molecule has 1 N–H and O–H groups in total. The number of hydrogen-bond acceptors (Lipinski definition) is 6. The van der Waals surface area contributed by atoms with E-state index in [1.165, 1.54) is 17.0 Å². The molecular weight excluding hydrogens is 362 g/mol. The predicted octanol–water partition coefficient (Wildman–Crippen LogP) is 3.24. The lowest BCUT2D eigenvalue weighted by Gasteiger charge is -2.21. The molecular formula is C20H25N3O5. The lowest BCUT2D eigenvalue weighted by molar-refractivity contribution is -0.384. The number of anilines is 1. The van der Waals surface area contributed by atoms with E-state index in [1.54, 1.807) is 27.3 Å². The number of nitrogens with zero attached hydrogens (tertiary/aromatic N) is 2. The molecule has 0 unspecified atom stereocenters. The summed E-state index contributed by atoms with van der Waals surface area (Å²) in [6, 6.07) is 9.95. The summed E-state index contributed by atoms with van der Waals surface area (Å²) >= 11 is 0. The van der Waals surface area contributed by atoms with E-state index in [1.807, 2.05) is 25.1 Å². The molecule has 28 heavy (non-hydrogen) atoms. The maximum atomic E-state index is 13.1. The molecule has 8 nitrogen and oxygen atoms in total. The van der Waals surface area contributed by atoms with Crippen LogP contribution in [0, 0.1) is 17.0 Å². The average Bonchev–Trinajstić information content (AvgIpc) is 2.67. The highest BCUT2D eigenvalue weighted by molar-refractivity contribution is 6.00. The molecule has 0 bridgehead atoms. The maximum absolute atomic E-state index is 13.1. The van der Waals surface area contributed by atoms with Gasteiger partial charge in [0.15, 0.2) is 0 Å². The Hall–Kier alpha value is -3.13. The van der Waals surface area contributed by atoms with E-state index in [4.69, 9.17) is 9.47 Å². The Morgan fingerprint density at radius 2 is 1.96 bits per heavy atom. The second-order valence-corrected chi connectivity index (χ2v) is 6.38. The van der Waals surface area contributed by atoms with Crippen LogP contribution in [-0.2, 0) is 11.3 Å². The van der Waals surface area contributed by atoms with Crippen LogP contribution in [0.5, 0.6) is 5.75 Å². The minimum Gasteiger partial charge on any atom is -0.496 e. The Labute approximate surface area is 164 Å². The van der Waals surface area contributed by atoms with Crippen LogP contribution in [0.1, 0.15) is 21.5 Å². The van der Waals surface area contributed by atoms with E-state index in [2.05, 4.69) is 5.32 Å². The van der Waals surface area contributed by atoms with Gasteiger partial charge in [-0.1, -0.05) is 17.7 Å². The Kier molecular flexibility index (Phi) is 7.34. The number of hydrogen-bond donors (Lipinski definition) is 1. The Balaban J connectivity index is 2.31. The van der Waals surface area contributed by atoms with Gasteiger partial charge in [-0.3, -0.25) is 14.9 Å². The zero-order valence-corrected chi connectivity index (χ0v) is 16.5. The maximum Gasteiger partial charge on any atom is 0.270 e. The smallest absolute Gasteiger partial charge is 0.270 e. The van der Waals surface area contributed by atoms with Crippen molar-refractivity contribution in [2.75, 3.05) is 39.7 Å². The number of benzene rings is 2. The number of amides is 1. The first-order valence-corrected chi connectivity index (χ1v) is 8.77. The lowest BCUT2D eigenvalue weighted by Crippen LogP contribution is -2.27. The molecule has 0 saturated carbocycles. The molecule has 0 spiro atoms. The van der Waals surface area contributed by atoms with Gasteiger partial charge in [-0.15, -0.1) is 0 Å². The van der Waals surface area contributed by atoms with Crippen molar-refractivity contribution in [2.24, 2.45) is 0 Å². The van der Waals surface area contributed by atoms with Gasteiger partial charge in [0.05, 0.1) is 24.2 Å². The minimum absolute atomic E-state index is 0.137. The summed E-state index contributed by atoms with van der Waals surface area (Å²) in [5, 5.41) is 14.2. The number of rotatable bonds is 9. The van der Waals surface area contributed by atoms with Gasteiger partial charge in [0.25, 0.3) is 11.6 Å². The molecule has 150 valence electrons. The molecule has 1 amide bonds. The normalized spacial score (nSPS) is 10.4. The summed E-state index contributed by atoms with van der Waals surface area (Å²) < 4.78 is 10.4. The van der Waals surface area contributed by atoms with Crippen molar-refractivity contribution in [3.05, 3.63) is 63.2 Å². The summed E-state index contributed by atoms with van der Waals surface area (Å²) in [7, 11) is 4.81.